The molecule has 138 valence electrons. The summed E-state index contributed by atoms with van der Waals surface area (Å²) >= 11 is 0. The molecule has 26 heavy (non-hydrogen) atoms. The van der Waals surface area contributed by atoms with Crippen molar-refractivity contribution in [2.45, 2.75) is 34.1 Å². The number of fused-ring (bicyclic) bond motifs is 1. The lowest BCUT2D eigenvalue weighted by atomic mass is 9.61. The molecule has 0 amide bonds. The van der Waals surface area contributed by atoms with E-state index in [0.717, 1.165) is 5.56 Å². The zero-order chi connectivity index (χ0) is 18.9. The van der Waals surface area contributed by atoms with E-state index in [0.29, 0.717) is 36.0 Å². The largest absolute Gasteiger partial charge is 0.498 e. The molecule has 3 rings (SSSR count). The van der Waals surface area contributed by atoms with Crippen LogP contribution in [0.4, 0.5) is 0 Å². The first-order valence-electron chi connectivity index (χ1n) is 8.76. The summed E-state index contributed by atoms with van der Waals surface area (Å²) in [5, 5.41) is 0. The number of carbonyl (C=O) groups is 1. The number of aromatic nitrogens is 1. The van der Waals surface area contributed by atoms with E-state index >= 15 is 0 Å². The molecule has 2 heterocycles. The van der Waals surface area contributed by atoms with Crippen molar-refractivity contribution in [2.75, 3.05) is 6.61 Å². The Hall–Kier alpha value is -2.69. The first kappa shape index (κ1) is 18.1. The van der Waals surface area contributed by atoms with Gasteiger partial charge in [0.25, 0.3) is 0 Å². The van der Waals surface area contributed by atoms with E-state index in [1.165, 1.54) is 0 Å². The molecule has 5 heteroatoms. The first-order chi connectivity index (χ1) is 12.3. The summed E-state index contributed by atoms with van der Waals surface area (Å²) < 4.78 is 17.2. The van der Waals surface area contributed by atoms with Crippen molar-refractivity contribution < 1.29 is 19.0 Å². The zero-order valence-electron chi connectivity index (χ0n) is 15.7. The van der Waals surface area contributed by atoms with Gasteiger partial charge in [-0.1, -0.05) is 33.4 Å². The quantitative estimate of drug-likeness (QED) is 0.473. The number of carbonyl (C=O) groups excluding carboxylic acids is 1. The van der Waals surface area contributed by atoms with E-state index in [1.807, 2.05) is 45.9 Å². The summed E-state index contributed by atoms with van der Waals surface area (Å²) in [6, 6.07) is 7.38. The standard InChI is InChI=1S/C21H25NO4/c1-6-24-14(2)21(20(3,4)5)12-15-7-8-16(11-18(15)26-19(21)23)25-17-9-10-22-13-17/h7-11,13,22H,2,6,12H2,1,3-5H3/t21-/m0/s1. The van der Waals surface area contributed by atoms with E-state index in [9.17, 15) is 4.79 Å². The van der Waals surface area contributed by atoms with Gasteiger partial charge in [-0.15, -0.1) is 0 Å². The molecule has 0 saturated carbocycles. The second-order valence-corrected chi connectivity index (χ2v) is 7.50. The van der Waals surface area contributed by atoms with Gasteiger partial charge in [0.15, 0.2) is 0 Å². The van der Waals surface area contributed by atoms with E-state index in [4.69, 9.17) is 14.2 Å². The van der Waals surface area contributed by atoms with Gasteiger partial charge in [0.2, 0.25) is 0 Å². The number of aromatic amines is 1. The van der Waals surface area contributed by atoms with Crippen LogP contribution in [0.2, 0.25) is 0 Å². The molecular formula is C21H25NO4. The zero-order valence-corrected chi connectivity index (χ0v) is 15.7. The Balaban J connectivity index is 1.96. The summed E-state index contributed by atoms with van der Waals surface area (Å²) in [7, 11) is 0. The second-order valence-electron chi connectivity index (χ2n) is 7.50. The van der Waals surface area contributed by atoms with Gasteiger partial charge in [-0.3, -0.25) is 4.79 Å². The number of nitrogens with one attached hydrogen (secondary N) is 1. The van der Waals surface area contributed by atoms with Crippen LogP contribution in [0.1, 0.15) is 33.3 Å². The summed E-state index contributed by atoms with van der Waals surface area (Å²) in [4.78, 5) is 16.0. The van der Waals surface area contributed by atoms with Gasteiger partial charge in [-0.2, -0.15) is 0 Å². The van der Waals surface area contributed by atoms with Gasteiger partial charge in [-0.25, -0.2) is 0 Å². The average molecular weight is 355 g/mol. The number of benzene rings is 1. The number of ether oxygens (including phenoxy) is 3. The summed E-state index contributed by atoms with van der Waals surface area (Å²) in [5.41, 5.74) is -0.408. The summed E-state index contributed by atoms with van der Waals surface area (Å²) in [6.45, 7) is 12.4. The molecule has 0 saturated heterocycles. The third kappa shape index (κ3) is 2.98. The van der Waals surface area contributed by atoms with Crippen LogP contribution in [0.25, 0.3) is 0 Å². The maximum atomic E-state index is 13.1. The lowest BCUT2D eigenvalue weighted by molar-refractivity contribution is -0.155. The van der Waals surface area contributed by atoms with Crippen molar-refractivity contribution in [3.63, 3.8) is 0 Å². The fourth-order valence-corrected chi connectivity index (χ4v) is 3.39. The summed E-state index contributed by atoms with van der Waals surface area (Å²) in [6.07, 6.45) is 4.01. The van der Waals surface area contributed by atoms with Crippen LogP contribution in [-0.4, -0.2) is 17.6 Å². The molecule has 1 atom stereocenters. The topological polar surface area (TPSA) is 60.6 Å². The lowest BCUT2D eigenvalue weighted by Crippen LogP contribution is -2.51. The molecule has 0 unspecified atom stereocenters. The van der Waals surface area contributed by atoms with E-state index < -0.39 is 10.8 Å². The third-order valence-corrected chi connectivity index (χ3v) is 4.93. The van der Waals surface area contributed by atoms with Crippen molar-refractivity contribution in [1.82, 2.24) is 4.98 Å². The van der Waals surface area contributed by atoms with Crippen molar-refractivity contribution >= 4 is 5.97 Å². The highest BCUT2D eigenvalue weighted by molar-refractivity contribution is 5.86. The molecule has 1 aromatic heterocycles. The molecule has 0 bridgehead atoms. The predicted molar refractivity (Wildman–Crippen MR) is 99.3 cm³/mol. The average Bonchev–Trinajstić information content (AvgIpc) is 3.06. The van der Waals surface area contributed by atoms with Crippen LogP contribution >= 0.6 is 0 Å². The molecule has 1 aliphatic heterocycles. The number of hydrogen-bond acceptors (Lipinski definition) is 4. The molecule has 2 aromatic rings. The highest BCUT2D eigenvalue weighted by Crippen LogP contribution is 2.52. The fourth-order valence-electron chi connectivity index (χ4n) is 3.39. The van der Waals surface area contributed by atoms with Crippen LogP contribution in [0.15, 0.2) is 49.0 Å². The van der Waals surface area contributed by atoms with Gasteiger partial charge in [-0.05, 0) is 36.5 Å². The molecule has 0 aliphatic carbocycles. The molecular weight excluding hydrogens is 330 g/mol. The van der Waals surface area contributed by atoms with Crippen LogP contribution in [-0.2, 0) is 16.0 Å². The Kier molecular flexibility index (Phi) is 4.57. The molecule has 0 spiro atoms. The summed E-state index contributed by atoms with van der Waals surface area (Å²) in [5.74, 6) is 1.95. The minimum atomic E-state index is -0.932. The van der Waals surface area contributed by atoms with Crippen molar-refractivity contribution in [3.05, 3.63) is 54.6 Å². The van der Waals surface area contributed by atoms with Crippen LogP contribution in [0.5, 0.6) is 17.2 Å². The van der Waals surface area contributed by atoms with E-state index in [2.05, 4.69) is 11.6 Å². The Morgan fingerprint density at radius 3 is 2.69 bits per heavy atom. The molecule has 1 aliphatic rings. The van der Waals surface area contributed by atoms with Crippen LogP contribution < -0.4 is 9.47 Å². The van der Waals surface area contributed by atoms with Gasteiger partial charge in [0, 0.05) is 18.5 Å². The van der Waals surface area contributed by atoms with Crippen LogP contribution in [0.3, 0.4) is 0 Å². The second kappa shape index (κ2) is 6.56. The van der Waals surface area contributed by atoms with Gasteiger partial charge < -0.3 is 19.2 Å². The lowest BCUT2D eigenvalue weighted by Gasteiger charge is -2.45. The highest BCUT2D eigenvalue weighted by atomic mass is 16.5. The highest BCUT2D eigenvalue weighted by Gasteiger charge is 2.56. The number of esters is 1. The third-order valence-electron chi connectivity index (χ3n) is 4.93. The molecule has 1 aromatic carbocycles. The Morgan fingerprint density at radius 1 is 1.31 bits per heavy atom. The Labute approximate surface area is 154 Å². The minimum absolute atomic E-state index is 0.338. The first-order valence-corrected chi connectivity index (χ1v) is 8.76. The van der Waals surface area contributed by atoms with Crippen molar-refractivity contribution in [1.29, 1.82) is 0 Å². The maximum absolute atomic E-state index is 13.1. The normalized spacial score (nSPS) is 19.5. The smallest absolute Gasteiger partial charge is 0.326 e. The Morgan fingerprint density at radius 2 is 2.08 bits per heavy atom. The van der Waals surface area contributed by atoms with Gasteiger partial charge in [0.05, 0.1) is 6.61 Å². The molecule has 5 nitrogen and oxygen atoms in total. The monoisotopic (exact) mass is 355 g/mol. The minimum Gasteiger partial charge on any atom is -0.498 e. The Bertz CT molecular complexity index is 817. The SMILES string of the molecule is C=C(OCC)[C@@]1(C(C)(C)C)Cc2ccc(Oc3cc[nH]c3)cc2OC1=O. The predicted octanol–water partition coefficient (Wildman–Crippen LogP) is 4.85. The number of rotatable bonds is 5. The fraction of sp³-hybridized carbons (Fsp3) is 0.381. The molecule has 0 fully saturated rings. The van der Waals surface area contributed by atoms with Crippen LogP contribution in [0, 0.1) is 10.8 Å². The van der Waals surface area contributed by atoms with Crippen molar-refractivity contribution in [2.24, 2.45) is 10.8 Å². The van der Waals surface area contributed by atoms with Gasteiger partial charge >= 0.3 is 5.97 Å². The number of H-pyrrole nitrogens is 1. The molecule has 1 N–H and O–H groups in total. The molecule has 0 radical (unpaired) electrons. The van der Waals surface area contributed by atoms with Gasteiger partial charge in [0.1, 0.15) is 28.4 Å². The number of hydrogen-bond donors (Lipinski definition) is 1. The van der Waals surface area contributed by atoms with Crippen molar-refractivity contribution in [3.8, 4) is 17.2 Å². The maximum Gasteiger partial charge on any atom is 0.326 e. The van der Waals surface area contributed by atoms with E-state index in [-0.39, 0.29) is 5.97 Å². The van der Waals surface area contributed by atoms with E-state index in [1.54, 1.807) is 18.5 Å².